The average Bonchev–Trinajstić information content (AvgIpc) is 2.51. The number of amides is 1. The first-order valence-electron chi connectivity index (χ1n) is 8.42. The van der Waals surface area contributed by atoms with Crippen molar-refractivity contribution in [3.63, 3.8) is 0 Å². The van der Waals surface area contributed by atoms with Crippen LogP contribution in [-0.2, 0) is 16.0 Å². The number of aliphatic carboxylic acids is 1. The summed E-state index contributed by atoms with van der Waals surface area (Å²) in [4.78, 5) is 25.9. The molecule has 1 aromatic rings. The fraction of sp³-hybridized carbons (Fsp3) is 0.579. The van der Waals surface area contributed by atoms with E-state index in [0.29, 0.717) is 30.9 Å². The van der Waals surface area contributed by atoms with E-state index in [1.807, 2.05) is 26.8 Å². The number of hydrogen-bond acceptors (Lipinski definition) is 4. The molecular weight excluding hydrogens is 322 g/mol. The van der Waals surface area contributed by atoms with Crippen LogP contribution in [0.2, 0.25) is 0 Å². The molecule has 1 unspecified atom stereocenters. The lowest BCUT2D eigenvalue weighted by molar-refractivity contribution is -0.142. The molecule has 0 fully saturated rings. The Balaban J connectivity index is 2.44. The van der Waals surface area contributed by atoms with Crippen LogP contribution in [0, 0.1) is 5.41 Å². The molecule has 0 saturated carbocycles. The third kappa shape index (κ3) is 4.44. The Bertz CT molecular complexity index is 663. The summed E-state index contributed by atoms with van der Waals surface area (Å²) in [7, 11) is 3.11. The highest BCUT2D eigenvalue weighted by molar-refractivity contribution is 5.79. The molecule has 138 valence electrons. The normalized spacial score (nSPS) is 17.0. The van der Waals surface area contributed by atoms with E-state index in [0.717, 1.165) is 11.1 Å². The maximum Gasteiger partial charge on any atom is 0.305 e. The van der Waals surface area contributed by atoms with Gasteiger partial charge in [0.05, 0.1) is 26.7 Å². The molecule has 1 heterocycles. The molecule has 2 rings (SSSR count). The van der Waals surface area contributed by atoms with Crippen molar-refractivity contribution in [3.8, 4) is 11.5 Å². The lowest BCUT2D eigenvalue weighted by atomic mass is 9.87. The van der Waals surface area contributed by atoms with Crippen LogP contribution in [0.3, 0.4) is 0 Å². The number of ether oxygens (including phenoxy) is 2. The van der Waals surface area contributed by atoms with E-state index in [1.54, 1.807) is 25.2 Å². The van der Waals surface area contributed by atoms with E-state index < -0.39 is 12.0 Å². The number of carbonyl (C=O) groups excluding carboxylic acids is 1. The van der Waals surface area contributed by atoms with Crippen LogP contribution in [0.1, 0.15) is 50.8 Å². The molecule has 1 amide bonds. The summed E-state index contributed by atoms with van der Waals surface area (Å²) in [6.45, 7) is 6.52. The molecule has 0 aliphatic carbocycles. The summed E-state index contributed by atoms with van der Waals surface area (Å²) < 4.78 is 10.7. The SMILES string of the molecule is COc1cc2c(cc1OC)C(CC(=O)O)N(C(=O)CC(C)(C)C)CC2. The number of carbonyl (C=O) groups is 2. The summed E-state index contributed by atoms with van der Waals surface area (Å²) in [6.07, 6.45) is 0.922. The van der Waals surface area contributed by atoms with Gasteiger partial charge in [-0.15, -0.1) is 0 Å². The zero-order chi connectivity index (χ0) is 18.8. The Morgan fingerprint density at radius 3 is 2.32 bits per heavy atom. The topological polar surface area (TPSA) is 76.1 Å². The maximum atomic E-state index is 12.8. The Labute approximate surface area is 148 Å². The van der Waals surface area contributed by atoms with Gasteiger partial charge >= 0.3 is 5.97 Å². The first-order chi connectivity index (χ1) is 11.7. The fourth-order valence-electron chi connectivity index (χ4n) is 3.27. The third-order valence-electron chi connectivity index (χ3n) is 4.37. The standard InChI is InChI=1S/C19H27NO5/c1-19(2,3)11-17(21)20-7-6-12-8-15(24-4)16(25-5)9-13(12)14(20)10-18(22)23/h8-9,14H,6-7,10-11H2,1-5H3,(H,22,23). The molecule has 1 aliphatic rings. The van der Waals surface area contributed by atoms with Crippen LogP contribution in [0.4, 0.5) is 0 Å². The zero-order valence-electron chi connectivity index (χ0n) is 15.6. The number of nitrogens with zero attached hydrogens (tertiary/aromatic N) is 1. The second kappa shape index (κ2) is 7.33. The molecule has 0 aromatic heterocycles. The molecule has 0 radical (unpaired) electrons. The lowest BCUT2D eigenvalue weighted by Crippen LogP contribution is -2.42. The number of benzene rings is 1. The number of methoxy groups -OCH3 is 2. The predicted octanol–water partition coefficient (Wildman–Crippen LogP) is 3.04. The molecule has 6 nitrogen and oxygen atoms in total. The Morgan fingerprint density at radius 2 is 1.80 bits per heavy atom. The molecule has 1 N–H and O–H groups in total. The van der Waals surface area contributed by atoms with Crippen LogP contribution < -0.4 is 9.47 Å². The van der Waals surface area contributed by atoms with Crippen LogP contribution in [-0.4, -0.2) is 42.6 Å². The van der Waals surface area contributed by atoms with Crippen LogP contribution in [0.15, 0.2) is 12.1 Å². The number of rotatable bonds is 5. The molecule has 1 atom stereocenters. The number of hydrogen-bond donors (Lipinski definition) is 1. The van der Waals surface area contributed by atoms with Gasteiger partial charge in [-0.25, -0.2) is 0 Å². The molecule has 6 heteroatoms. The van der Waals surface area contributed by atoms with Crippen LogP contribution in [0.25, 0.3) is 0 Å². The van der Waals surface area contributed by atoms with Crippen molar-refractivity contribution >= 4 is 11.9 Å². The van der Waals surface area contributed by atoms with Gasteiger partial charge in [0.15, 0.2) is 11.5 Å². The van der Waals surface area contributed by atoms with Crippen molar-refractivity contribution in [1.82, 2.24) is 4.90 Å². The summed E-state index contributed by atoms with van der Waals surface area (Å²) >= 11 is 0. The smallest absolute Gasteiger partial charge is 0.305 e. The minimum atomic E-state index is -0.929. The monoisotopic (exact) mass is 349 g/mol. The minimum absolute atomic E-state index is 0.0146. The Hall–Kier alpha value is -2.24. The lowest BCUT2D eigenvalue weighted by Gasteiger charge is -2.38. The summed E-state index contributed by atoms with van der Waals surface area (Å²) in [6, 6.07) is 3.20. The van der Waals surface area contributed by atoms with E-state index in [4.69, 9.17) is 9.47 Å². The van der Waals surface area contributed by atoms with E-state index in [2.05, 4.69) is 0 Å². The van der Waals surface area contributed by atoms with Gasteiger partial charge in [-0.05, 0) is 35.1 Å². The second-order valence-electron chi connectivity index (χ2n) is 7.59. The van der Waals surface area contributed by atoms with Gasteiger partial charge in [0, 0.05) is 13.0 Å². The fourth-order valence-corrected chi connectivity index (χ4v) is 3.27. The molecular formula is C19H27NO5. The first kappa shape index (κ1) is 19.1. The van der Waals surface area contributed by atoms with Crippen molar-refractivity contribution in [1.29, 1.82) is 0 Å². The number of carboxylic acids is 1. The molecule has 1 aliphatic heterocycles. The highest BCUT2D eigenvalue weighted by atomic mass is 16.5. The Morgan fingerprint density at radius 1 is 1.20 bits per heavy atom. The average molecular weight is 349 g/mol. The molecule has 0 bridgehead atoms. The molecule has 25 heavy (non-hydrogen) atoms. The van der Waals surface area contributed by atoms with Crippen LogP contribution >= 0.6 is 0 Å². The first-order valence-corrected chi connectivity index (χ1v) is 8.42. The van der Waals surface area contributed by atoms with E-state index in [-0.39, 0.29) is 17.7 Å². The van der Waals surface area contributed by atoms with Crippen molar-refractivity contribution in [2.75, 3.05) is 20.8 Å². The largest absolute Gasteiger partial charge is 0.493 e. The van der Waals surface area contributed by atoms with Gasteiger partial charge in [-0.1, -0.05) is 20.8 Å². The molecule has 0 saturated heterocycles. The summed E-state index contributed by atoms with van der Waals surface area (Å²) in [5, 5.41) is 9.36. The number of fused-ring (bicyclic) bond motifs is 1. The van der Waals surface area contributed by atoms with Crippen molar-refractivity contribution in [3.05, 3.63) is 23.3 Å². The summed E-state index contributed by atoms with van der Waals surface area (Å²) in [5.41, 5.74) is 1.68. The Kier molecular flexibility index (Phi) is 5.60. The highest BCUT2D eigenvalue weighted by Crippen LogP contribution is 2.40. The highest BCUT2D eigenvalue weighted by Gasteiger charge is 2.34. The van der Waals surface area contributed by atoms with E-state index in [1.165, 1.54) is 0 Å². The van der Waals surface area contributed by atoms with Gasteiger partial charge in [0.1, 0.15) is 0 Å². The van der Waals surface area contributed by atoms with Gasteiger partial charge in [-0.3, -0.25) is 9.59 Å². The van der Waals surface area contributed by atoms with Crippen LogP contribution in [0.5, 0.6) is 11.5 Å². The minimum Gasteiger partial charge on any atom is -0.493 e. The summed E-state index contributed by atoms with van der Waals surface area (Å²) in [5.74, 6) is 0.215. The van der Waals surface area contributed by atoms with Gasteiger partial charge < -0.3 is 19.5 Å². The zero-order valence-corrected chi connectivity index (χ0v) is 15.6. The van der Waals surface area contributed by atoms with E-state index in [9.17, 15) is 14.7 Å². The van der Waals surface area contributed by atoms with E-state index >= 15 is 0 Å². The van der Waals surface area contributed by atoms with Gasteiger partial charge in [0.25, 0.3) is 0 Å². The molecule has 0 spiro atoms. The third-order valence-corrected chi connectivity index (χ3v) is 4.37. The second-order valence-corrected chi connectivity index (χ2v) is 7.59. The predicted molar refractivity (Wildman–Crippen MR) is 94.0 cm³/mol. The molecule has 1 aromatic carbocycles. The van der Waals surface area contributed by atoms with Gasteiger partial charge in [0.2, 0.25) is 5.91 Å². The van der Waals surface area contributed by atoms with Gasteiger partial charge in [-0.2, -0.15) is 0 Å². The van der Waals surface area contributed by atoms with Crippen molar-refractivity contribution < 1.29 is 24.2 Å². The number of carboxylic acid groups (broad SMARTS) is 1. The van der Waals surface area contributed by atoms with Crippen molar-refractivity contribution in [2.24, 2.45) is 5.41 Å². The van der Waals surface area contributed by atoms with Crippen molar-refractivity contribution in [2.45, 2.75) is 46.1 Å². The maximum absolute atomic E-state index is 12.8. The quantitative estimate of drug-likeness (QED) is 0.884.